The van der Waals surface area contributed by atoms with Gasteiger partial charge < -0.3 is 10.8 Å². The fourth-order valence-electron chi connectivity index (χ4n) is 0.798. The zero-order valence-electron chi connectivity index (χ0n) is 6.91. The Bertz CT molecular complexity index is 297. The van der Waals surface area contributed by atoms with E-state index in [2.05, 4.69) is 15.9 Å². The third-order valence-corrected chi connectivity index (χ3v) is 3.34. The van der Waals surface area contributed by atoms with Gasteiger partial charge in [-0.05, 0) is 22.0 Å². The summed E-state index contributed by atoms with van der Waals surface area (Å²) in [6.07, 6.45) is 0. The molecule has 1 aromatic rings. The molecule has 1 atom stereocenters. The highest BCUT2D eigenvalue weighted by molar-refractivity contribution is 9.10. The van der Waals surface area contributed by atoms with Crippen molar-refractivity contribution in [3.8, 4) is 0 Å². The molecule has 0 fully saturated rings. The Hall–Kier alpha value is 0.250. The summed E-state index contributed by atoms with van der Waals surface area (Å²) in [5.41, 5.74) is 5.28. The zero-order chi connectivity index (χ0) is 10.1. The standard InChI is InChI=1S/C7H8BrF2NOS.ClH/c8-4-1-5(13-2-4)6(11)7(9,10)3-12;/h1-2,6,12H,3,11H2;1H/t6-;/m0./s1. The number of aliphatic hydroxyl groups is 1. The first-order valence-electron chi connectivity index (χ1n) is 3.45. The molecule has 82 valence electrons. The molecule has 0 aliphatic rings. The molecular formula is C7H9BrClF2NOS. The van der Waals surface area contributed by atoms with E-state index in [4.69, 9.17) is 10.8 Å². The van der Waals surface area contributed by atoms with Gasteiger partial charge in [0.1, 0.15) is 12.6 Å². The Morgan fingerprint density at radius 2 is 2.21 bits per heavy atom. The lowest BCUT2D eigenvalue weighted by atomic mass is 10.1. The Labute approximate surface area is 98.7 Å². The van der Waals surface area contributed by atoms with Crippen LogP contribution in [0.4, 0.5) is 8.78 Å². The van der Waals surface area contributed by atoms with E-state index in [9.17, 15) is 8.78 Å². The molecule has 0 spiro atoms. The number of halogens is 4. The summed E-state index contributed by atoms with van der Waals surface area (Å²) in [4.78, 5) is 0.353. The molecule has 2 nitrogen and oxygen atoms in total. The highest BCUT2D eigenvalue weighted by Gasteiger charge is 2.38. The second-order valence-corrected chi connectivity index (χ2v) is 4.42. The molecule has 7 heteroatoms. The van der Waals surface area contributed by atoms with Gasteiger partial charge in [0.15, 0.2) is 0 Å². The Kier molecular flexibility index (Phi) is 5.46. The summed E-state index contributed by atoms with van der Waals surface area (Å²) in [5.74, 6) is -3.26. The van der Waals surface area contributed by atoms with Crippen molar-refractivity contribution >= 4 is 39.7 Å². The average molecular weight is 309 g/mol. The summed E-state index contributed by atoms with van der Waals surface area (Å²) in [6.45, 7) is -1.23. The molecule has 1 aromatic heterocycles. The highest BCUT2D eigenvalue weighted by Crippen LogP contribution is 2.33. The van der Waals surface area contributed by atoms with Crippen LogP contribution in [0.25, 0.3) is 0 Å². The smallest absolute Gasteiger partial charge is 0.290 e. The number of rotatable bonds is 3. The molecular weight excluding hydrogens is 300 g/mol. The molecule has 0 amide bonds. The van der Waals surface area contributed by atoms with Crippen molar-refractivity contribution in [2.45, 2.75) is 12.0 Å². The second kappa shape index (κ2) is 5.37. The summed E-state index contributed by atoms with van der Waals surface area (Å²) < 4.78 is 26.4. The normalized spacial score (nSPS) is 13.5. The van der Waals surface area contributed by atoms with Crippen LogP contribution in [0.1, 0.15) is 10.9 Å². The van der Waals surface area contributed by atoms with Gasteiger partial charge in [-0.1, -0.05) is 0 Å². The number of nitrogens with two attached hydrogens (primary N) is 1. The van der Waals surface area contributed by atoms with Crippen molar-refractivity contribution in [1.29, 1.82) is 0 Å². The van der Waals surface area contributed by atoms with Crippen molar-refractivity contribution in [3.05, 3.63) is 20.8 Å². The number of alkyl halides is 2. The van der Waals surface area contributed by atoms with Crippen LogP contribution >= 0.6 is 39.7 Å². The van der Waals surface area contributed by atoms with Gasteiger partial charge in [0.05, 0.1) is 0 Å². The molecule has 0 aromatic carbocycles. The van der Waals surface area contributed by atoms with Crippen LogP contribution in [0.15, 0.2) is 15.9 Å². The summed E-state index contributed by atoms with van der Waals surface area (Å²) in [7, 11) is 0. The second-order valence-electron chi connectivity index (χ2n) is 2.56. The van der Waals surface area contributed by atoms with Crippen LogP contribution in [-0.4, -0.2) is 17.6 Å². The molecule has 3 N–H and O–H groups in total. The molecule has 1 heterocycles. The molecule has 1 rings (SSSR count). The highest BCUT2D eigenvalue weighted by atomic mass is 79.9. The van der Waals surface area contributed by atoms with Gasteiger partial charge in [-0.15, -0.1) is 23.7 Å². The van der Waals surface area contributed by atoms with Crippen LogP contribution in [0.3, 0.4) is 0 Å². The minimum atomic E-state index is -3.26. The van der Waals surface area contributed by atoms with E-state index in [1.54, 1.807) is 5.38 Å². The maximum atomic E-state index is 12.9. The fourth-order valence-corrected chi connectivity index (χ4v) is 2.31. The Morgan fingerprint density at radius 3 is 2.57 bits per heavy atom. The van der Waals surface area contributed by atoms with E-state index in [1.165, 1.54) is 6.07 Å². The minimum Gasteiger partial charge on any atom is -0.390 e. The van der Waals surface area contributed by atoms with Gasteiger partial charge in [0, 0.05) is 14.7 Å². The maximum Gasteiger partial charge on any atom is 0.290 e. The van der Waals surface area contributed by atoms with Gasteiger partial charge in [-0.3, -0.25) is 0 Å². The summed E-state index contributed by atoms with van der Waals surface area (Å²) in [5, 5.41) is 10.1. The Balaban J connectivity index is 0.00000169. The first-order chi connectivity index (χ1) is 5.97. The molecule has 0 bridgehead atoms. The van der Waals surface area contributed by atoms with Crippen LogP contribution < -0.4 is 5.73 Å². The van der Waals surface area contributed by atoms with Gasteiger partial charge in [0.2, 0.25) is 0 Å². The lowest BCUT2D eigenvalue weighted by molar-refractivity contribution is -0.0703. The fraction of sp³-hybridized carbons (Fsp3) is 0.429. The molecule has 0 saturated carbocycles. The molecule has 0 aliphatic heterocycles. The van der Waals surface area contributed by atoms with Crippen LogP contribution in [-0.2, 0) is 0 Å². The van der Waals surface area contributed by atoms with Gasteiger partial charge >= 0.3 is 0 Å². The van der Waals surface area contributed by atoms with Gasteiger partial charge in [-0.2, -0.15) is 0 Å². The lowest BCUT2D eigenvalue weighted by Crippen LogP contribution is -2.35. The van der Waals surface area contributed by atoms with Crippen molar-refractivity contribution in [2.24, 2.45) is 5.73 Å². The number of hydrogen-bond donors (Lipinski definition) is 2. The number of aliphatic hydroxyl groups excluding tert-OH is 1. The first kappa shape index (κ1) is 14.2. The van der Waals surface area contributed by atoms with E-state index >= 15 is 0 Å². The van der Waals surface area contributed by atoms with E-state index in [-0.39, 0.29) is 12.4 Å². The van der Waals surface area contributed by atoms with Crippen molar-refractivity contribution < 1.29 is 13.9 Å². The quantitative estimate of drug-likeness (QED) is 0.901. The van der Waals surface area contributed by atoms with Gasteiger partial charge in [0.25, 0.3) is 5.92 Å². The Morgan fingerprint density at radius 1 is 1.64 bits per heavy atom. The minimum absolute atomic E-state index is 0. The average Bonchev–Trinajstić information content (AvgIpc) is 2.50. The largest absolute Gasteiger partial charge is 0.390 e. The maximum absolute atomic E-state index is 12.9. The van der Waals surface area contributed by atoms with Crippen LogP contribution in [0, 0.1) is 0 Å². The third-order valence-electron chi connectivity index (χ3n) is 1.56. The molecule has 0 radical (unpaired) electrons. The third kappa shape index (κ3) is 3.13. The van der Waals surface area contributed by atoms with E-state index in [0.717, 1.165) is 15.8 Å². The lowest BCUT2D eigenvalue weighted by Gasteiger charge is -2.19. The molecule has 0 aliphatic carbocycles. The zero-order valence-corrected chi connectivity index (χ0v) is 10.1. The predicted octanol–water partition coefficient (Wildman–Crippen LogP) is 2.56. The van der Waals surface area contributed by atoms with Crippen molar-refractivity contribution in [3.63, 3.8) is 0 Å². The number of hydrogen-bond acceptors (Lipinski definition) is 3. The van der Waals surface area contributed by atoms with Gasteiger partial charge in [-0.25, -0.2) is 8.78 Å². The van der Waals surface area contributed by atoms with E-state index < -0.39 is 18.6 Å². The number of thiophene rings is 1. The van der Waals surface area contributed by atoms with E-state index in [0.29, 0.717) is 4.88 Å². The van der Waals surface area contributed by atoms with Crippen molar-refractivity contribution in [2.75, 3.05) is 6.61 Å². The molecule has 0 saturated heterocycles. The first-order valence-corrected chi connectivity index (χ1v) is 5.13. The summed E-state index contributed by atoms with van der Waals surface area (Å²) in [6, 6.07) is 0.0904. The monoisotopic (exact) mass is 307 g/mol. The predicted molar refractivity (Wildman–Crippen MR) is 58.2 cm³/mol. The van der Waals surface area contributed by atoms with Crippen LogP contribution in [0.2, 0.25) is 0 Å². The van der Waals surface area contributed by atoms with Crippen LogP contribution in [0.5, 0.6) is 0 Å². The molecule has 0 unspecified atom stereocenters. The van der Waals surface area contributed by atoms with Crippen molar-refractivity contribution in [1.82, 2.24) is 0 Å². The molecule has 14 heavy (non-hydrogen) atoms. The van der Waals surface area contributed by atoms with E-state index in [1.807, 2.05) is 0 Å². The SMILES string of the molecule is Cl.N[C@@H](c1cc(Br)cs1)C(F)(F)CO. The summed E-state index contributed by atoms with van der Waals surface area (Å²) >= 11 is 4.27. The topological polar surface area (TPSA) is 46.2 Å².